The van der Waals surface area contributed by atoms with E-state index in [0.29, 0.717) is 11.5 Å². The smallest absolute Gasteiger partial charge is 0.245 e. The number of rotatable bonds is 4. The summed E-state index contributed by atoms with van der Waals surface area (Å²) in [6, 6.07) is 7.25. The third-order valence-corrected chi connectivity index (χ3v) is 6.68. The number of ether oxygens (including phenoxy) is 1. The Hall–Kier alpha value is -0.910. The van der Waals surface area contributed by atoms with E-state index in [-0.39, 0.29) is 12.3 Å². The van der Waals surface area contributed by atoms with E-state index in [9.17, 15) is 8.42 Å². The fourth-order valence-corrected chi connectivity index (χ4v) is 5.32. The molecule has 0 radical (unpaired) electrons. The summed E-state index contributed by atoms with van der Waals surface area (Å²) >= 11 is 0. The summed E-state index contributed by atoms with van der Waals surface area (Å²) in [5.41, 5.74) is 1.07. The number of hydrogen-bond donors (Lipinski definition) is 0. The molecular weight excluding hydrogens is 298 g/mol. The zero-order valence-electron chi connectivity index (χ0n) is 13.2. The molecule has 1 aliphatic heterocycles. The Morgan fingerprint density at radius 1 is 1.00 bits per heavy atom. The third-order valence-electron chi connectivity index (χ3n) is 4.72. The van der Waals surface area contributed by atoms with Gasteiger partial charge in [-0.1, -0.05) is 37.0 Å². The van der Waals surface area contributed by atoms with Crippen LogP contribution in [-0.4, -0.2) is 31.6 Å². The highest BCUT2D eigenvalue weighted by Gasteiger charge is 2.39. The number of hydrogen-bond acceptors (Lipinski definition) is 3. The number of sulfonamides is 1. The van der Waals surface area contributed by atoms with Gasteiger partial charge in [-0.05, 0) is 44.7 Å². The van der Waals surface area contributed by atoms with E-state index < -0.39 is 10.0 Å². The van der Waals surface area contributed by atoms with Gasteiger partial charge in [0.2, 0.25) is 10.0 Å². The van der Waals surface area contributed by atoms with Crippen molar-refractivity contribution in [1.82, 2.24) is 4.31 Å². The molecule has 0 amide bonds. The van der Waals surface area contributed by atoms with Crippen molar-refractivity contribution in [2.75, 3.05) is 6.61 Å². The van der Waals surface area contributed by atoms with Crippen molar-refractivity contribution in [3.8, 4) is 0 Å². The molecule has 1 aromatic carbocycles. The number of nitrogens with zero attached hydrogens (tertiary/aromatic N) is 1. The summed E-state index contributed by atoms with van der Waals surface area (Å²) in [5.74, 6) is 0. The number of benzene rings is 1. The van der Waals surface area contributed by atoms with Gasteiger partial charge < -0.3 is 4.74 Å². The molecular formula is C17H25NO3S. The van der Waals surface area contributed by atoms with Crippen LogP contribution in [0.1, 0.15) is 50.5 Å². The first-order chi connectivity index (χ1) is 10.6. The summed E-state index contributed by atoms with van der Waals surface area (Å²) in [6.07, 6.45) is 6.79. The molecule has 22 heavy (non-hydrogen) atoms. The minimum atomic E-state index is -3.49. The molecule has 0 aromatic heterocycles. The Morgan fingerprint density at radius 3 is 2.27 bits per heavy atom. The van der Waals surface area contributed by atoms with Crippen LogP contribution in [0.2, 0.25) is 0 Å². The lowest BCUT2D eigenvalue weighted by Gasteiger charge is -2.36. The molecule has 1 unspecified atom stereocenters. The lowest BCUT2D eigenvalue weighted by atomic mass is 9.95. The van der Waals surface area contributed by atoms with Crippen LogP contribution in [0.15, 0.2) is 29.2 Å². The molecule has 2 aliphatic rings. The van der Waals surface area contributed by atoms with Gasteiger partial charge in [-0.25, -0.2) is 8.42 Å². The van der Waals surface area contributed by atoms with Gasteiger partial charge in [0.1, 0.15) is 6.23 Å². The second-order valence-electron chi connectivity index (χ2n) is 6.41. The quantitative estimate of drug-likeness (QED) is 0.852. The van der Waals surface area contributed by atoms with Crippen molar-refractivity contribution in [3.05, 3.63) is 29.8 Å². The monoisotopic (exact) mass is 323 g/mol. The molecule has 1 saturated carbocycles. The molecule has 2 fully saturated rings. The minimum absolute atomic E-state index is 0.0863. The van der Waals surface area contributed by atoms with Gasteiger partial charge in [0.25, 0.3) is 0 Å². The lowest BCUT2D eigenvalue weighted by molar-refractivity contribution is 0.00191. The predicted molar refractivity (Wildman–Crippen MR) is 86.1 cm³/mol. The van der Waals surface area contributed by atoms with Crippen LogP contribution in [0.25, 0.3) is 0 Å². The van der Waals surface area contributed by atoms with Crippen LogP contribution in [0.5, 0.6) is 0 Å². The van der Waals surface area contributed by atoms with Crippen molar-refractivity contribution in [2.24, 2.45) is 0 Å². The standard InChI is InChI=1S/C17H25NO3S/c1-14-9-11-16(12-10-14)22(19,20)18(17-8-5-13-21-17)15-6-3-2-4-7-15/h9-12,15,17H,2-8,13H2,1H3. The summed E-state index contributed by atoms with van der Waals surface area (Å²) in [4.78, 5) is 0.388. The van der Waals surface area contributed by atoms with Gasteiger partial charge in [0.05, 0.1) is 4.90 Å². The van der Waals surface area contributed by atoms with Gasteiger partial charge >= 0.3 is 0 Å². The summed E-state index contributed by atoms with van der Waals surface area (Å²) in [7, 11) is -3.49. The average Bonchev–Trinajstić information content (AvgIpc) is 3.02. The van der Waals surface area contributed by atoms with Crippen LogP contribution < -0.4 is 0 Å². The Bertz CT molecular complexity index is 585. The van der Waals surface area contributed by atoms with E-state index in [0.717, 1.165) is 44.1 Å². The SMILES string of the molecule is Cc1ccc(S(=O)(=O)N(C2CCCCC2)C2CCCO2)cc1. The molecule has 1 aromatic rings. The predicted octanol–water partition coefficient (Wildman–Crippen LogP) is 3.45. The lowest BCUT2D eigenvalue weighted by Crippen LogP contribution is -2.47. The van der Waals surface area contributed by atoms with E-state index in [4.69, 9.17) is 4.74 Å². The van der Waals surface area contributed by atoms with E-state index in [2.05, 4.69) is 0 Å². The fourth-order valence-electron chi connectivity index (χ4n) is 3.52. The zero-order valence-corrected chi connectivity index (χ0v) is 14.0. The van der Waals surface area contributed by atoms with Crippen molar-refractivity contribution in [2.45, 2.75) is 69.0 Å². The fraction of sp³-hybridized carbons (Fsp3) is 0.647. The Morgan fingerprint density at radius 2 is 1.68 bits per heavy atom. The van der Waals surface area contributed by atoms with Gasteiger partial charge in [-0.15, -0.1) is 0 Å². The molecule has 5 heteroatoms. The maximum atomic E-state index is 13.2. The highest BCUT2D eigenvalue weighted by molar-refractivity contribution is 7.89. The van der Waals surface area contributed by atoms with Crippen LogP contribution in [0, 0.1) is 6.92 Å². The summed E-state index contributed by atoms with van der Waals surface area (Å²) < 4.78 is 33.8. The minimum Gasteiger partial charge on any atom is -0.362 e. The Balaban J connectivity index is 1.94. The third kappa shape index (κ3) is 3.21. The van der Waals surface area contributed by atoms with Crippen molar-refractivity contribution in [1.29, 1.82) is 0 Å². The molecule has 122 valence electrons. The molecule has 1 saturated heterocycles. The maximum Gasteiger partial charge on any atom is 0.245 e. The first-order valence-electron chi connectivity index (χ1n) is 8.31. The molecule has 1 atom stereocenters. The molecule has 4 nitrogen and oxygen atoms in total. The van der Waals surface area contributed by atoms with Gasteiger partial charge in [0, 0.05) is 12.6 Å². The highest BCUT2D eigenvalue weighted by atomic mass is 32.2. The van der Waals surface area contributed by atoms with Crippen LogP contribution >= 0.6 is 0 Å². The normalized spacial score (nSPS) is 24.0. The Kier molecular flexibility index (Phi) is 4.85. The average molecular weight is 323 g/mol. The molecule has 0 N–H and O–H groups in total. The summed E-state index contributed by atoms with van der Waals surface area (Å²) in [6.45, 7) is 2.63. The van der Waals surface area contributed by atoms with Crippen molar-refractivity contribution in [3.63, 3.8) is 0 Å². The van der Waals surface area contributed by atoms with E-state index in [1.165, 1.54) is 6.42 Å². The molecule has 3 rings (SSSR count). The zero-order chi connectivity index (χ0) is 15.6. The van der Waals surface area contributed by atoms with E-state index >= 15 is 0 Å². The summed E-state index contributed by atoms with van der Waals surface area (Å²) in [5, 5.41) is 0. The van der Waals surface area contributed by atoms with Crippen LogP contribution in [0.3, 0.4) is 0 Å². The Labute approximate surface area is 133 Å². The van der Waals surface area contributed by atoms with E-state index in [1.807, 2.05) is 19.1 Å². The van der Waals surface area contributed by atoms with Crippen molar-refractivity contribution < 1.29 is 13.2 Å². The highest BCUT2D eigenvalue weighted by Crippen LogP contribution is 2.33. The molecule has 1 aliphatic carbocycles. The molecule has 1 heterocycles. The van der Waals surface area contributed by atoms with Gasteiger partial charge in [-0.3, -0.25) is 0 Å². The molecule has 0 spiro atoms. The van der Waals surface area contributed by atoms with Crippen LogP contribution in [0.4, 0.5) is 0 Å². The largest absolute Gasteiger partial charge is 0.362 e. The van der Waals surface area contributed by atoms with Gasteiger partial charge in [-0.2, -0.15) is 4.31 Å². The first-order valence-corrected chi connectivity index (χ1v) is 9.75. The second-order valence-corrected chi connectivity index (χ2v) is 8.25. The van der Waals surface area contributed by atoms with E-state index in [1.54, 1.807) is 16.4 Å². The van der Waals surface area contributed by atoms with Crippen LogP contribution in [-0.2, 0) is 14.8 Å². The maximum absolute atomic E-state index is 13.2. The van der Waals surface area contributed by atoms with Crippen molar-refractivity contribution >= 4 is 10.0 Å². The second kappa shape index (κ2) is 6.69. The topological polar surface area (TPSA) is 46.6 Å². The first kappa shape index (κ1) is 16.0. The molecule has 0 bridgehead atoms. The van der Waals surface area contributed by atoms with Gasteiger partial charge in [0.15, 0.2) is 0 Å². The number of aryl methyl sites for hydroxylation is 1.